The fourth-order valence-corrected chi connectivity index (χ4v) is 3.95. The van der Waals surface area contributed by atoms with Crippen LogP contribution >= 0.6 is 0 Å². The van der Waals surface area contributed by atoms with Gasteiger partial charge < -0.3 is 19.8 Å². The van der Waals surface area contributed by atoms with E-state index in [1.807, 2.05) is 19.1 Å². The minimum absolute atomic E-state index is 0.0288. The Morgan fingerprint density at radius 2 is 1.75 bits per heavy atom. The van der Waals surface area contributed by atoms with Crippen LogP contribution in [0.15, 0.2) is 48.0 Å². The van der Waals surface area contributed by atoms with Crippen LogP contribution in [0.25, 0.3) is 5.76 Å². The minimum Gasteiger partial charge on any atom is -0.508 e. The van der Waals surface area contributed by atoms with Crippen molar-refractivity contribution in [3.63, 3.8) is 0 Å². The summed E-state index contributed by atoms with van der Waals surface area (Å²) >= 11 is 0. The number of hydrogen-bond acceptors (Lipinski definition) is 5. The van der Waals surface area contributed by atoms with Crippen LogP contribution in [-0.4, -0.2) is 40.5 Å². The number of likely N-dealkylation sites (tertiary alicyclic amines) is 1. The highest BCUT2D eigenvalue weighted by Gasteiger charge is 2.46. The summed E-state index contributed by atoms with van der Waals surface area (Å²) in [5.74, 6) is -1.12. The highest BCUT2D eigenvalue weighted by Crippen LogP contribution is 2.42. The first kappa shape index (κ1) is 23.4. The van der Waals surface area contributed by atoms with Crippen LogP contribution < -0.4 is 4.74 Å². The average Bonchev–Trinajstić information content (AvgIpc) is 3.01. The molecule has 1 aliphatic rings. The maximum absolute atomic E-state index is 13.1. The van der Waals surface area contributed by atoms with Crippen molar-refractivity contribution < 1.29 is 24.5 Å². The number of methoxy groups -OCH3 is 1. The molecule has 32 heavy (non-hydrogen) atoms. The molecule has 170 valence electrons. The Morgan fingerprint density at radius 1 is 1.09 bits per heavy atom. The second-order valence-electron chi connectivity index (χ2n) is 9.10. The van der Waals surface area contributed by atoms with E-state index in [1.165, 1.54) is 24.1 Å². The number of Topliss-reactive ketones (excluding diaryl/α,β-unsaturated/α-hetero) is 1. The van der Waals surface area contributed by atoms with Crippen LogP contribution in [0.5, 0.6) is 11.5 Å². The number of amides is 1. The van der Waals surface area contributed by atoms with E-state index in [-0.39, 0.29) is 22.5 Å². The van der Waals surface area contributed by atoms with Crippen molar-refractivity contribution in [2.24, 2.45) is 0 Å². The molecule has 1 amide bonds. The van der Waals surface area contributed by atoms with Gasteiger partial charge in [0.2, 0.25) is 0 Å². The molecule has 1 heterocycles. The second kappa shape index (κ2) is 9.07. The zero-order chi connectivity index (χ0) is 23.6. The Bertz CT molecular complexity index is 1050. The quantitative estimate of drug-likeness (QED) is 0.381. The molecular weight excluding hydrogens is 406 g/mol. The maximum Gasteiger partial charge on any atom is 0.295 e. The molecule has 1 aliphatic heterocycles. The molecule has 6 heteroatoms. The van der Waals surface area contributed by atoms with Gasteiger partial charge in [0.25, 0.3) is 11.7 Å². The lowest BCUT2D eigenvalue weighted by Crippen LogP contribution is -2.30. The third-order valence-electron chi connectivity index (χ3n) is 5.82. The Labute approximate surface area is 189 Å². The topological polar surface area (TPSA) is 87.1 Å². The van der Waals surface area contributed by atoms with Crippen molar-refractivity contribution in [3.8, 4) is 11.5 Å². The lowest BCUT2D eigenvalue weighted by Gasteiger charge is -2.26. The number of aromatic hydroxyl groups is 1. The van der Waals surface area contributed by atoms with Crippen molar-refractivity contribution in [1.82, 2.24) is 4.90 Å². The molecule has 0 aromatic heterocycles. The minimum atomic E-state index is -0.745. The normalized spacial score (nSPS) is 18.3. The van der Waals surface area contributed by atoms with Crippen molar-refractivity contribution in [2.45, 2.75) is 52.0 Å². The molecule has 0 spiro atoms. The Kier molecular flexibility index (Phi) is 6.63. The van der Waals surface area contributed by atoms with Gasteiger partial charge in [-0.15, -0.1) is 0 Å². The number of unbranched alkanes of at least 4 members (excludes halogenated alkanes) is 1. The predicted molar refractivity (Wildman–Crippen MR) is 124 cm³/mol. The summed E-state index contributed by atoms with van der Waals surface area (Å²) in [6, 6.07) is 11.1. The SMILES string of the molecule is CCCCN1C(=O)C(=O)/C(=C(/O)c2cc(C(C)(C)C)ccc2OC)C1c1ccc(O)cc1. The van der Waals surface area contributed by atoms with Gasteiger partial charge in [0.1, 0.15) is 17.3 Å². The molecule has 2 N–H and O–H groups in total. The number of aliphatic hydroxyl groups excluding tert-OH is 1. The molecule has 0 aliphatic carbocycles. The first-order valence-electron chi connectivity index (χ1n) is 10.9. The second-order valence-corrected chi connectivity index (χ2v) is 9.10. The third kappa shape index (κ3) is 4.35. The van der Waals surface area contributed by atoms with Gasteiger partial charge in [-0.2, -0.15) is 0 Å². The van der Waals surface area contributed by atoms with Crippen LogP contribution in [-0.2, 0) is 15.0 Å². The number of aliphatic hydroxyl groups is 1. The van der Waals surface area contributed by atoms with E-state index in [1.54, 1.807) is 18.2 Å². The van der Waals surface area contributed by atoms with Crippen molar-refractivity contribution in [3.05, 3.63) is 64.7 Å². The first-order valence-corrected chi connectivity index (χ1v) is 10.9. The molecule has 1 fully saturated rings. The number of hydrogen-bond donors (Lipinski definition) is 2. The standard InChI is InChI=1S/C26H31NO5/c1-6-7-14-27-22(16-8-11-18(28)12-9-16)21(24(30)25(27)31)23(29)19-15-17(26(2,3)4)10-13-20(19)32-5/h8-13,15,22,28-29H,6-7,14H2,1-5H3/b23-21+. The lowest BCUT2D eigenvalue weighted by atomic mass is 9.85. The zero-order valence-electron chi connectivity index (χ0n) is 19.3. The molecule has 2 aromatic rings. The monoisotopic (exact) mass is 437 g/mol. The fraction of sp³-hybridized carbons (Fsp3) is 0.385. The number of phenolic OH excluding ortho intramolecular Hbond substituents is 1. The molecular formula is C26H31NO5. The molecule has 2 aromatic carbocycles. The largest absolute Gasteiger partial charge is 0.508 e. The van der Waals surface area contributed by atoms with Crippen molar-refractivity contribution >= 4 is 17.4 Å². The zero-order valence-corrected chi connectivity index (χ0v) is 19.3. The van der Waals surface area contributed by atoms with E-state index in [2.05, 4.69) is 20.8 Å². The van der Waals surface area contributed by atoms with Crippen LogP contribution in [0.1, 0.15) is 63.3 Å². The van der Waals surface area contributed by atoms with E-state index in [0.29, 0.717) is 23.4 Å². The number of benzene rings is 2. The first-order chi connectivity index (χ1) is 15.1. The number of carbonyl (C=O) groups excluding carboxylic acids is 2. The lowest BCUT2D eigenvalue weighted by molar-refractivity contribution is -0.139. The average molecular weight is 438 g/mol. The van der Waals surface area contributed by atoms with Gasteiger partial charge in [0, 0.05) is 6.54 Å². The van der Waals surface area contributed by atoms with E-state index in [4.69, 9.17) is 4.74 Å². The summed E-state index contributed by atoms with van der Waals surface area (Å²) in [5, 5.41) is 21.1. The summed E-state index contributed by atoms with van der Waals surface area (Å²) in [6.07, 6.45) is 1.58. The van der Waals surface area contributed by atoms with Crippen LogP contribution in [0.3, 0.4) is 0 Å². The molecule has 0 radical (unpaired) electrons. The third-order valence-corrected chi connectivity index (χ3v) is 5.82. The van der Waals surface area contributed by atoms with E-state index in [9.17, 15) is 19.8 Å². The number of carbonyl (C=O) groups is 2. The van der Waals surface area contributed by atoms with Gasteiger partial charge in [-0.25, -0.2) is 0 Å². The summed E-state index contributed by atoms with van der Waals surface area (Å²) in [5.41, 5.74) is 1.82. The number of nitrogens with zero attached hydrogens (tertiary/aromatic N) is 1. The molecule has 0 saturated carbocycles. The van der Waals surface area contributed by atoms with Gasteiger partial charge in [-0.3, -0.25) is 9.59 Å². The van der Waals surface area contributed by atoms with E-state index < -0.39 is 17.7 Å². The van der Waals surface area contributed by atoms with Gasteiger partial charge in [-0.1, -0.05) is 52.3 Å². The molecule has 3 rings (SSSR count). The molecule has 1 unspecified atom stereocenters. The highest BCUT2D eigenvalue weighted by molar-refractivity contribution is 6.46. The number of ether oxygens (including phenoxy) is 1. The highest BCUT2D eigenvalue weighted by atomic mass is 16.5. The van der Waals surface area contributed by atoms with Gasteiger partial charge in [0.05, 0.1) is 24.3 Å². The molecule has 0 bridgehead atoms. The predicted octanol–water partition coefficient (Wildman–Crippen LogP) is 4.92. The van der Waals surface area contributed by atoms with Crippen molar-refractivity contribution in [1.29, 1.82) is 0 Å². The van der Waals surface area contributed by atoms with Crippen LogP contribution in [0.2, 0.25) is 0 Å². The molecule has 1 saturated heterocycles. The Morgan fingerprint density at radius 3 is 2.31 bits per heavy atom. The van der Waals surface area contributed by atoms with Gasteiger partial charge in [-0.05, 0) is 47.2 Å². The van der Waals surface area contributed by atoms with Crippen LogP contribution in [0, 0.1) is 0 Å². The van der Waals surface area contributed by atoms with Crippen molar-refractivity contribution in [2.75, 3.05) is 13.7 Å². The molecule has 1 atom stereocenters. The maximum atomic E-state index is 13.1. The van der Waals surface area contributed by atoms with E-state index in [0.717, 1.165) is 18.4 Å². The fourth-order valence-electron chi connectivity index (χ4n) is 3.95. The van der Waals surface area contributed by atoms with Gasteiger partial charge in [0.15, 0.2) is 0 Å². The Balaban J connectivity index is 2.25. The van der Waals surface area contributed by atoms with E-state index >= 15 is 0 Å². The number of rotatable bonds is 6. The molecule has 6 nitrogen and oxygen atoms in total. The summed E-state index contributed by atoms with van der Waals surface area (Å²) in [7, 11) is 1.50. The summed E-state index contributed by atoms with van der Waals surface area (Å²) in [6.45, 7) is 8.56. The van der Waals surface area contributed by atoms with Gasteiger partial charge >= 0.3 is 0 Å². The number of phenols is 1. The van der Waals surface area contributed by atoms with Crippen LogP contribution in [0.4, 0.5) is 0 Å². The Hall–Kier alpha value is -3.28. The smallest absolute Gasteiger partial charge is 0.295 e. The summed E-state index contributed by atoms with van der Waals surface area (Å²) in [4.78, 5) is 27.6. The number of ketones is 1. The summed E-state index contributed by atoms with van der Waals surface area (Å²) < 4.78 is 5.47.